The molecule has 3 rings (SSSR count). The number of ether oxygens (including phenoxy) is 2. The van der Waals surface area contributed by atoms with Crippen LogP contribution in [0.5, 0.6) is 11.5 Å². The molecule has 9 nitrogen and oxygen atoms in total. The number of carbonyl (C=O) groups excluding carboxylic acids is 2. The van der Waals surface area contributed by atoms with E-state index in [2.05, 4.69) is 5.32 Å². The lowest BCUT2D eigenvalue weighted by atomic mass is 10.1. The van der Waals surface area contributed by atoms with Crippen molar-refractivity contribution in [2.45, 2.75) is 44.7 Å². The van der Waals surface area contributed by atoms with Crippen LogP contribution in [0.2, 0.25) is 10.0 Å². The first-order valence-electron chi connectivity index (χ1n) is 13.3. The molecule has 1 atom stereocenters. The van der Waals surface area contributed by atoms with Crippen LogP contribution in [0.15, 0.2) is 65.6 Å². The van der Waals surface area contributed by atoms with E-state index < -0.39 is 28.5 Å². The van der Waals surface area contributed by atoms with Gasteiger partial charge in [0.25, 0.3) is 10.0 Å². The molecule has 0 bridgehead atoms. The zero-order chi connectivity index (χ0) is 31.0. The molecule has 0 aromatic heterocycles. The Morgan fingerprint density at radius 3 is 2.19 bits per heavy atom. The number of rotatable bonds is 13. The van der Waals surface area contributed by atoms with Crippen LogP contribution in [-0.4, -0.2) is 58.5 Å². The molecule has 0 unspecified atom stereocenters. The van der Waals surface area contributed by atoms with Crippen molar-refractivity contribution < 1.29 is 27.5 Å². The molecule has 0 saturated carbocycles. The number of likely N-dealkylation sites (N-methyl/N-ethyl adjacent to an activating group) is 1. The minimum Gasteiger partial charge on any atom is -0.497 e. The van der Waals surface area contributed by atoms with Gasteiger partial charge < -0.3 is 19.7 Å². The number of nitrogens with one attached hydrogen (secondary N) is 1. The van der Waals surface area contributed by atoms with Gasteiger partial charge in [-0.15, -0.1) is 0 Å². The first-order valence-corrected chi connectivity index (χ1v) is 15.5. The van der Waals surface area contributed by atoms with Gasteiger partial charge in [-0.05, 0) is 62.2 Å². The van der Waals surface area contributed by atoms with Crippen LogP contribution >= 0.6 is 23.2 Å². The first kappa shape index (κ1) is 33.0. The fraction of sp³-hybridized carbons (Fsp3) is 0.333. The smallest absolute Gasteiger partial charge is 0.264 e. The predicted molar refractivity (Wildman–Crippen MR) is 165 cm³/mol. The van der Waals surface area contributed by atoms with Crippen molar-refractivity contribution in [2.75, 3.05) is 31.6 Å². The highest BCUT2D eigenvalue weighted by atomic mass is 35.5. The molecule has 0 saturated heterocycles. The van der Waals surface area contributed by atoms with Crippen LogP contribution in [0.3, 0.4) is 0 Å². The van der Waals surface area contributed by atoms with Gasteiger partial charge in [-0.25, -0.2) is 8.42 Å². The van der Waals surface area contributed by atoms with Crippen molar-refractivity contribution in [3.8, 4) is 11.5 Å². The standard InChI is InChI=1S/C30H35Cl2N3O6S/c1-6-26(30(37)33-7-2)34(18-21-10-14-24(31)25(32)16-21)29(36)19-35(27-17-22(40-4)11-15-28(27)41-5)42(38,39)23-12-8-20(3)9-13-23/h8-17,26H,6-7,18-19H2,1-5H3,(H,33,37)/t26-/m0/s1. The second-order valence-corrected chi connectivity index (χ2v) is 12.1. The lowest BCUT2D eigenvalue weighted by Crippen LogP contribution is -2.52. The van der Waals surface area contributed by atoms with E-state index >= 15 is 0 Å². The van der Waals surface area contributed by atoms with Crippen molar-refractivity contribution in [2.24, 2.45) is 0 Å². The van der Waals surface area contributed by atoms with Crippen LogP contribution in [0, 0.1) is 6.92 Å². The molecule has 0 radical (unpaired) electrons. The topological polar surface area (TPSA) is 105 Å². The number of aryl methyl sites for hydroxylation is 1. The molecule has 0 aliphatic rings. The molecule has 0 heterocycles. The zero-order valence-corrected chi connectivity index (χ0v) is 26.5. The third kappa shape index (κ3) is 7.67. The van der Waals surface area contributed by atoms with Gasteiger partial charge in [-0.3, -0.25) is 13.9 Å². The Labute approximate surface area is 257 Å². The molecule has 226 valence electrons. The van der Waals surface area contributed by atoms with Crippen LogP contribution in [0.1, 0.15) is 31.4 Å². The number of sulfonamides is 1. The number of halogens is 2. The number of anilines is 1. The van der Waals surface area contributed by atoms with Crippen molar-refractivity contribution in [1.29, 1.82) is 0 Å². The monoisotopic (exact) mass is 635 g/mol. The van der Waals surface area contributed by atoms with E-state index in [1.165, 1.54) is 37.3 Å². The van der Waals surface area contributed by atoms with Gasteiger partial charge in [0.1, 0.15) is 24.1 Å². The first-order chi connectivity index (χ1) is 20.0. The highest BCUT2D eigenvalue weighted by Gasteiger charge is 2.35. The number of hydrogen-bond acceptors (Lipinski definition) is 6. The SMILES string of the molecule is CCNC(=O)[C@H](CC)N(Cc1ccc(Cl)c(Cl)c1)C(=O)CN(c1cc(OC)ccc1OC)S(=O)(=O)c1ccc(C)cc1. The van der Waals surface area contributed by atoms with Crippen LogP contribution in [0.4, 0.5) is 5.69 Å². The minimum absolute atomic E-state index is 0.0149. The lowest BCUT2D eigenvalue weighted by molar-refractivity contribution is -0.140. The summed E-state index contributed by atoms with van der Waals surface area (Å²) in [5.41, 5.74) is 1.59. The van der Waals surface area contributed by atoms with Gasteiger partial charge >= 0.3 is 0 Å². The Balaban J connectivity index is 2.16. The van der Waals surface area contributed by atoms with E-state index in [4.69, 9.17) is 32.7 Å². The quantitative estimate of drug-likeness (QED) is 0.267. The van der Waals surface area contributed by atoms with Crippen molar-refractivity contribution in [1.82, 2.24) is 10.2 Å². The van der Waals surface area contributed by atoms with E-state index in [0.29, 0.717) is 22.9 Å². The van der Waals surface area contributed by atoms with Gasteiger partial charge in [0.05, 0.1) is 34.8 Å². The van der Waals surface area contributed by atoms with E-state index in [1.54, 1.807) is 56.3 Å². The van der Waals surface area contributed by atoms with Crippen molar-refractivity contribution in [3.63, 3.8) is 0 Å². The summed E-state index contributed by atoms with van der Waals surface area (Å²) in [6.45, 7) is 5.12. The molecule has 1 N–H and O–H groups in total. The second-order valence-electron chi connectivity index (χ2n) is 9.45. The number of carbonyl (C=O) groups is 2. The predicted octanol–water partition coefficient (Wildman–Crippen LogP) is 5.46. The number of methoxy groups -OCH3 is 2. The second kappa shape index (κ2) is 14.6. The summed E-state index contributed by atoms with van der Waals surface area (Å²) in [4.78, 5) is 28.6. The van der Waals surface area contributed by atoms with Crippen LogP contribution < -0.4 is 19.1 Å². The van der Waals surface area contributed by atoms with Gasteiger partial charge in [0.2, 0.25) is 11.8 Å². The van der Waals surface area contributed by atoms with Crippen molar-refractivity contribution >= 4 is 50.7 Å². The molecular weight excluding hydrogens is 601 g/mol. The van der Waals surface area contributed by atoms with E-state index in [9.17, 15) is 18.0 Å². The summed E-state index contributed by atoms with van der Waals surface area (Å²) in [7, 11) is -1.44. The Morgan fingerprint density at radius 1 is 0.929 bits per heavy atom. The number of nitrogens with zero attached hydrogens (tertiary/aromatic N) is 2. The van der Waals surface area contributed by atoms with E-state index in [-0.39, 0.29) is 40.2 Å². The maximum atomic E-state index is 14.2. The molecule has 0 spiro atoms. The van der Waals surface area contributed by atoms with Crippen LogP contribution in [-0.2, 0) is 26.2 Å². The summed E-state index contributed by atoms with van der Waals surface area (Å²) in [6.07, 6.45) is 0.284. The zero-order valence-electron chi connectivity index (χ0n) is 24.2. The maximum absolute atomic E-state index is 14.2. The fourth-order valence-corrected chi connectivity index (χ4v) is 6.13. The fourth-order valence-electron chi connectivity index (χ4n) is 4.39. The average Bonchev–Trinajstić information content (AvgIpc) is 2.97. The average molecular weight is 637 g/mol. The number of hydrogen-bond donors (Lipinski definition) is 1. The van der Waals surface area contributed by atoms with Gasteiger partial charge in [-0.1, -0.05) is 53.9 Å². The molecule has 3 aromatic carbocycles. The summed E-state index contributed by atoms with van der Waals surface area (Å²) in [5, 5.41) is 3.40. The molecule has 0 fully saturated rings. The van der Waals surface area contributed by atoms with E-state index in [1.807, 2.05) is 6.92 Å². The molecule has 12 heteroatoms. The highest BCUT2D eigenvalue weighted by molar-refractivity contribution is 7.92. The Kier molecular flexibility index (Phi) is 11.5. The van der Waals surface area contributed by atoms with Crippen molar-refractivity contribution in [3.05, 3.63) is 81.8 Å². The molecule has 2 amide bonds. The maximum Gasteiger partial charge on any atom is 0.264 e. The molecular formula is C30H35Cl2N3O6S. The molecule has 0 aliphatic heterocycles. The number of amides is 2. The largest absolute Gasteiger partial charge is 0.497 e. The molecule has 0 aliphatic carbocycles. The van der Waals surface area contributed by atoms with Gasteiger partial charge in [0, 0.05) is 19.2 Å². The van der Waals surface area contributed by atoms with E-state index in [0.717, 1.165) is 9.87 Å². The minimum atomic E-state index is -4.29. The normalized spacial score (nSPS) is 11.9. The van der Waals surface area contributed by atoms with Gasteiger partial charge in [-0.2, -0.15) is 0 Å². The summed E-state index contributed by atoms with van der Waals surface area (Å²) < 4.78 is 40.1. The summed E-state index contributed by atoms with van der Waals surface area (Å²) in [5.74, 6) is -0.394. The molecule has 3 aromatic rings. The summed E-state index contributed by atoms with van der Waals surface area (Å²) >= 11 is 12.3. The Bertz CT molecular complexity index is 1520. The third-order valence-corrected chi connectivity index (χ3v) is 9.13. The van der Waals surface area contributed by atoms with Gasteiger partial charge in [0.15, 0.2) is 0 Å². The Morgan fingerprint density at radius 2 is 1.62 bits per heavy atom. The lowest BCUT2D eigenvalue weighted by Gasteiger charge is -2.33. The number of benzene rings is 3. The third-order valence-electron chi connectivity index (χ3n) is 6.62. The highest BCUT2D eigenvalue weighted by Crippen LogP contribution is 2.36. The Hall–Kier alpha value is -3.47. The van der Waals surface area contributed by atoms with Crippen LogP contribution in [0.25, 0.3) is 0 Å². The molecule has 42 heavy (non-hydrogen) atoms. The summed E-state index contributed by atoms with van der Waals surface area (Å²) in [6, 6.07) is 15.0.